The van der Waals surface area contributed by atoms with Gasteiger partial charge in [-0.2, -0.15) is 0 Å². The van der Waals surface area contributed by atoms with Gasteiger partial charge in [0.2, 0.25) is 0 Å². The number of thioether (sulfide) groups is 1. The van der Waals surface area contributed by atoms with Gasteiger partial charge in [-0.25, -0.2) is 9.78 Å². The Morgan fingerprint density at radius 3 is 2.57 bits per heavy atom. The van der Waals surface area contributed by atoms with Gasteiger partial charge in [0.25, 0.3) is 0 Å². The molecule has 0 saturated carbocycles. The van der Waals surface area contributed by atoms with Crippen molar-refractivity contribution in [2.45, 2.75) is 25.0 Å². The third kappa shape index (κ3) is 4.88. The van der Waals surface area contributed by atoms with Crippen molar-refractivity contribution in [2.75, 3.05) is 5.75 Å². The fourth-order valence-electron chi connectivity index (χ4n) is 1.90. The molecule has 0 amide bonds. The zero-order chi connectivity index (χ0) is 15.1. The number of hydrogen-bond donors (Lipinski definition) is 2. The molecule has 2 rings (SSSR count). The molecule has 0 fully saturated rings. The first-order valence-corrected chi connectivity index (χ1v) is 7.78. The molecule has 1 aromatic carbocycles. The fraction of sp³-hybridized carbons (Fsp3) is 0.250. The molecule has 2 aromatic rings. The molecular formula is C16H18N2O2S. The topological polar surface area (TPSA) is 62.2 Å². The molecule has 0 atom stereocenters. The predicted molar refractivity (Wildman–Crippen MR) is 84.6 cm³/mol. The van der Waals surface area contributed by atoms with Gasteiger partial charge in [-0.1, -0.05) is 19.1 Å². The van der Waals surface area contributed by atoms with Crippen molar-refractivity contribution in [2.24, 2.45) is 0 Å². The molecule has 0 saturated heterocycles. The molecule has 110 valence electrons. The lowest BCUT2D eigenvalue weighted by Crippen LogP contribution is -2.13. The van der Waals surface area contributed by atoms with Crippen LogP contribution in [0.4, 0.5) is 0 Å². The summed E-state index contributed by atoms with van der Waals surface area (Å²) in [6.07, 6.45) is 1.83. The SMILES string of the molecule is CCSc1cc(CNCc2ccc(C(=O)O)cc2)ccn1. The van der Waals surface area contributed by atoms with E-state index in [4.69, 9.17) is 5.11 Å². The normalized spacial score (nSPS) is 10.5. The standard InChI is InChI=1S/C16H18N2O2S/c1-2-21-15-9-13(7-8-18-15)11-17-10-12-3-5-14(6-4-12)16(19)20/h3-9,17H,2,10-11H2,1H3,(H,19,20). The highest BCUT2D eigenvalue weighted by atomic mass is 32.2. The Morgan fingerprint density at radius 2 is 1.90 bits per heavy atom. The second-order valence-corrected chi connectivity index (χ2v) is 5.83. The largest absolute Gasteiger partial charge is 0.478 e. The van der Waals surface area contributed by atoms with Crippen LogP contribution in [0.5, 0.6) is 0 Å². The van der Waals surface area contributed by atoms with Crippen LogP contribution in [0, 0.1) is 0 Å². The summed E-state index contributed by atoms with van der Waals surface area (Å²) in [6.45, 7) is 3.58. The van der Waals surface area contributed by atoms with E-state index in [1.807, 2.05) is 24.4 Å². The number of rotatable bonds is 7. The maximum absolute atomic E-state index is 10.8. The van der Waals surface area contributed by atoms with Gasteiger partial charge in [-0.05, 0) is 41.1 Å². The lowest BCUT2D eigenvalue weighted by molar-refractivity contribution is 0.0697. The fourth-order valence-corrected chi connectivity index (χ4v) is 2.57. The highest BCUT2D eigenvalue weighted by Crippen LogP contribution is 2.15. The number of hydrogen-bond acceptors (Lipinski definition) is 4. The van der Waals surface area contributed by atoms with Gasteiger partial charge in [0.05, 0.1) is 10.6 Å². The minimum atomic E-state index is -0.896. The number of carboxylic acids is 1. The van der Waals surface area contributed by atoms with Crippen LogP contribution in [-0.2, 0) is 13.1 Å². The maximum Gasteiger partial charge on any atom is 0.335 e. The Labute approximate surface area is 128 Å². The van der Waals surface area contributed by atoms with Gasteiger partial charge in [0.15, 0.2) is 0 Å². The van der Waals surface area contributed by atoms with Gasteiger partial charge in [0.1, 0.15) is 0 Å². The average Bonchev–Trinajstić information content (AvgIpc) is 2.48. The summed E-state index contributed by atoms with van der Waals surface area (Å²) >= 11 is 1.73. The average molecular weight is 302 g/mol. The minimum absolute atomic E-state index is 0.314. The van der Waals surface area contributed by atoms with Crippen molar-refractivity contribution in [3.63, 3.8) is 0 Å². The molecule has 4 nitrogen and oxygen atoms in total. The summed E-state index contributed by atoms with van der Waals surface area (Å²) < 4.78 is 0. The quantitative estimate of drug-likeness (QED) is 0.769. The second kappa shape index (κ2) is 7.81. The van der Waals surface area contributed by atoms with Crippen molar-refractivity contribution in [3.8, 4) is 0 Å². The van der Waals surface area contributed by atoms with E-state index in [-0.39, 0.29) is 0 Å². The summed E-state index contributed by atoms with van der Waals surface area (Å²) in [4.78, 5) is 15.1. The van der Waals surface area contributed by atoms with Gasteiger partial charge in [-0.3, -0.25) is 0 Å². The first-order valence-electron chi connectivity index (χ1n) is 6.79. The number of aromatic nitrogens is 1. The molecule has 0 aliphatic heterocycles. The van der Waals surface area contributed by atoms with Crippen LogP contribution >= 0.6 is 11.8 Å². The molecule has 21 heavy (non-hydrogen) atoms. The number of nitrogens with one attached hydrogen (secondary N) is 1. The van der Waals surface area contributed by atoms with Gasteiger partial charge in [-0.15, -0.1) is 11.8 Å². The summed E-state index contributed by atoms with van der Waals surface area (Å²) in [6, 6.07) is 11.0. The van der Waals surface area contributed by atoms with E-state index >= 15 is 0 Å². The first kappa shape index (κ1) is 15.5. The second-order valence-electron chi connectivity index (χ2n) is 4.54. The number of carboxylic acid groups (broad SMARTS) is 1. The molecule has 0 aliphatic carbocycles. The summed E-state index contributed by atoms with van der Waals surface area (Å²) in [5.74, 6) is 0.118. The Morgan fingerprint density at radius 1 is 1.19 bits per heavy atom. The van der Waals surface area contributed by atoms with Gasteiger partial charge < -0.3 is 10.4 Å². The summed E-state index contributed by atoms with van der Waals surface area (Å²) in [5.41, 5.74) is 2.58. The lowest BCUT2D eigenvalue weighted by Gasteiger charge is -2.06. The van der Waals surface area contributed by atoms with E-state index in [9.17, 15) is 4.79 Å². The van der Waals surface area contributed by atoms with E-state index in [0.717, 1.165) is 22.9 Å². The lowest BCUT2D eigenvalue weighted by atomic mass is 10.1. The van der Waals surface area contributed by atoms with E-state index in [1.165, 1.54) is 5.56 Å². The zero-order valence-corrected chi connectivity index (χ0v) is 12.7. The number of pyridine rings is 1. The molecule has 2 N–H and O–H groups in total. The van der Waals surface area contributed by atoms with E-state index in [2.05, 4.69) is 23.3 Å². The third-order valence-electron chi connectivity index (χ3n) is 2.95. The molecule has 1 aromatic heterocycles. The van der Waals surface area contributed by atoms with E-state index < -0.39 is 5.97 Å². The van der Waals surface area contributed by atoms with Crippen molar-refractivity contribution >= 4 is 17.7 Å². The van der Waals surface area contributed by atoms with Crippen molar-refractivity contribution in [1.82, 2.24) is 10.3 Å². The summed E-state index contributed by atoms with van der Waals surface area (Å²) in [5, 5.41) is 13.2. The predicted octanol–water partition coefficient (Wildman–Crippen LogP) is 3.18. The monoisotopic (exact) mass is 302 g/mol. The molecule has 0 unspecified atom stereocenters. The summed E-state index contributed by atoms with van der Waals surface area (Å²) in [7, 11) is 0. The van der Waals surface area contributed by atoms with E-state index in [1.54, 1.807) is 23.9 Å². The van der Waals surface area contributed by atoms with Crippen LogP contribution in [0.1, 0.15) is 28.4 Å². The molecule has 0 aliphatic rings. The Bertz CT molecular complexity index is 599. The smallest absolute Gasteiger partial charge is 0.335 e. The third-order valence-corrected chi connectivity index (χ3v) is 3.76. The van der Waals surface area contributed by atoms with Crippen LogP contribution < -0.4 is 5.32 Å². The van der Waals surface area contributed by atoms with Crippen LogP contribution in [0.25, 0.3) is 0 Å². The molecule has 1 heterocycles. The highest BCUT2D eigenvalue weighted by Gasteiger charge is 2.02. The Kier molecular flexibility index (Phi) is 5.78. The molecular weight excluding hydrogens is 284 g/mol. The van der Waals surface area contributed by atoms with Gasteiger partial charge in [0, 0.05) is 19.3 Å². The van der Waals surface area contributed by atoms with Crippen LogP contribution in [0.2, 0.25) is 0 Å². The number of aromatic carboxylic acids is 1. The number of carbonyl (C=O) groups is 1. The minimum Gasteiger partial charge on any atom is -0.478 e. The Hall–Kier alpha value is -1.85. The highest BCUT2D eigenvalue weighted by molar-refractivity contribution is 7.99. The van der Waals surface area contributed by atoms with E-state index in [0.29, 0.717) is 12.1 Å². The van der Waals surface area contributed by atoms with Gasteiger partial charge >= 0.3 is 5.97 Å². The van der Waals surface area contributed by atoms with Crippen molar-refractivity contribution < 1.29 is 9.90 Å². The van der Waals surface area contributed by atoms with Crippen LogP contribution in [-0.4, -0.2) is 21.8 Å². The van der Waals surface area contributed by atoms with Crippen LogP contribution in [0.15, 0.2) is 47.6 Å². The molecule has 0 spiro atoms. The van der Waals surface area contributed by atoms with Crippen LogP contribution in [0.3, 0.4) is 0 Å². The zero-order valence-electron chi connectivity index (χ0n) is 11.9. The first-order chi connectivity index (χ1) is 10.2. The molecule has 0 bridgehead atoms. The maximum atomic E-state index is 10.8. The molecule has 0 radical (unpaired) electrons. The molecule has 5 heteroatoms. The number of benzene rings is 1. The number of nitrogens with zero attached hydrogens (tertiary/aromatic N) is 1. The van der Waals surface area contributed by atoms with Crippen molar-refractivity contribution in [3.05, 3.63) is 59.3 Å². The Balaban J connectivity index is 1.86. The van der Waals surface area contributed by atoms with Crippen molar-refractivity contribution in [1.29, 1.82) is 0 Å².